The molecular formula is C22H22N6O. The molecule has 5 rings (SSSR count). The topological polar surface area (TPSA) is 68.8 Å². The van der Waals surface area contributed by atoms with Crippen LogP contribution in [0.4, 0.5) is 5.69 Å². The van der Waals surface area contributed by atoms with Crippen molar-refractivity contribution in [3.05, 3.63) is 77.2 Å². The van der Waals surface area contributed by atoms with Crippen LogP contribution in [0.15, 0.2) is 66.0 Å². The molecule has 1 atom stereocenters. The van der Waals surface area contributed by atoms with E-state index in [-0.39, 0.29) is 11.6 Å². The van der Waals surface area contributed by atoms with Crippen LogP contribution >= 0.6 is 0 Å². The van der Waals surface area contributed by atoms with E-state index in [1.54, 1.807) is 29.3 Å². The van der Waals surface area contributed by atoms with Crippen molar-refractivity contribution < 1.29 is 0 Å². The Kier molecular flexibility index (Phi) is 4.35. The lowest BCUT2D eigenvalue weighted by Crippen LogP contribution is -2.37. The van der Waals surface area contributed by atoms with Gasteiger partial charge in [-0.05, 0) is 38.0 Å². The quantitative estimate of drug-likeness (QED) is 0.539. The molecule has 0 bridgehead atoms. The van der Waals surface area contributed by atoms with E-state index < -0.39 is 0 Å². The lowest BCUT2D eigenvalue weighted by molar-refractivity contribution is 0.486. The van der Waals surface area contributed by atoms with Gasteiger partial charge in [0.1, 0.15) is 6.33 Å². The maximum Gasteiger partial charge on any atom is 0.266 e. The SMILES string of the molecule is Cc1cc(N2CCCC2Cn2nc(-n3ccnc3)ccc2=O)c2ccccc2n1. The molecular weight excluding hydrogens is 364 g/mol. The van der Waals surface area contributed by atoms with Crippen LogP contribution in [0.5, 0.6) is 0 Å². The van der Waals surface area contributed by atoms with Gasteiger partial charge in [-0.3, -0.25) is 14.3 Å². The number of imidazole rings is 1. The van der Waals surface area contributed by atoms with Crippen molar-refractivity contribution >= 4 is 16.6 Å². The number of rotatable bonds is 4. The van der Waals surface area contributed by atoms with Gasteiger partial charge in [0.15, 0.2) is 5.82 Å². The molecule has 1 fully saturated rings. The highest BCUT2D eigenvalue weighted by molar-refractivity contribution is 5.92. The lowest BCUT2D eigenvalue weighted by atomic mass is 10.1. The Hall–Kier alpha value is -3.48. The van der Waals surface area contributed by atoms with Crippen LogP contribution in [-0.4, -0.2) is 36.9 Å². The van der Waals surface area contributed by atoms with Crippen LogP contribution in [0.3, 0.4) is 0 Å². The summed E-state index contributed by atoms with van der Waals surface area (Å²) in [7, 11) is 0. The fraction of sp³-hybridized carbons (Fsp3) is 0.273. The number of hydrogen-bond acceptors (Lipinski definition) is 5. The largest absolute Gasteiger partial charge is 0.366 e. The molecule has 1 aromatic carbocycles. The summed E-state index contributed by atoms with van der Waals surface area (Å²) in [5, 5.41) is 5.72. The first-order chi connectivity index (χ1) is 14.2. The standard InChI is InChI=1S/C22H22N6O/c1-16-13-20(18-6-2-3-7-19(18)24-16)27-11-4-5-17(27)14-28-22(29)9-8-21(25-28)26-12-10-23-15-26/h2-3,6-10,12-13,15,17H,4-5,11,14H2,1H3. The summed E-state index contributed by atoms with van der Waals surface area (Å²) in [6.45, 7) is 3.55. The third kappa shape index (κ3) is 3.29. The molecule has 7 nitrogen and oxygen atoms in total. The normalized spacial score (nSPS) is 16.6. The van der Waals surface area contributed by atoms with Crippen LogP contribution in [0.1, 0.15) is 18.5 Å². The van der Waals surface area contributed by atoms with Crippen LogP contribution in [-0.2, 0) is 6.54 Å². The van der Waals surface area contributed by atoms with Gasteiger partial charge in [0.25, 0.3) is 5.56 Å². The minimum Gasteiger partial charge on any atom is -0.366 e. The third-order valence-corrected chi connectivity index (χ3v) is 5.51. The molecule has 0 amide bonds. The maximum atomic E-state index is 12.5. The first-order valence-corrected chi connectivity index (χ1v) is 9.88. The van der Waals surface area contributed by atoms with Gasteiger partial charge in [0, 0.05) is 47.8 Å². The first kappa shape index (κ1) is 17.6. The van der Waals surface area contributed by atoms with E-state index in [0.717, 1.165) is 36.0 Å². The van der Waals surface area contributed by atoms with Crippen molar-refractivity contribution in [1.82, 2.24) is 24.3 Å². The molecule has 0 aliphatic carbocycles. The van der Waals surface area contributed by atoms with Crippen molar-refractivity contribution in [3.63, 3.8) is 0 Å². The fourth-order valence-electron chi connectivity index (χ4n) is 4.17. The van der Waals surface area contributed by atoms with E-state index in [9.17, 15) is 4.79 Å². The Morgan fingerprint density at radius 1 is 1.17 bits per heavy atom. The predicted molar refractivity (Wildman–Crippen MR) is 112 cm³/mol. The second kappa shape index (κ2) is 7.16. The molecule has 0 radical (unpaired) electrons. The minimum atomic E-state index is -0.0866. The molecule has 7 heteroatoms. The number of fused-ring (bicyclic) bond motifs is 1. The number of pyridine rings is 1. The highest BCUT2D eigenvalue weighted by Crippen LogP contribution is 2.32. The fourth-order valence-corrected chi connectivity index (χ4v) is 4.17. The van der Waals surface area contributed by atoms with Crippen molar-refractivity contribution in [2.75, 3.05) is 11.4 Å². The average molecular weight is 386 g/mol. The number of hydrogen-bond donors (Lipinski definition) is 0. The summed E-state index contributed by atoms with van der Waals surface area (Å²) in [6.07, 6.45) is 7.33. The summed E-state index contributed by atoms with van der Waals surface area (Å²) in [5.41, 5.74) is 3.11. The molecule has 1 aliphatic rings. The molecule has 0 N–H and O–H groups in total. The second-order valence-corrected chi connectivity index (χ2v) is 7.47. The smallest absolute Gasteiger partial charge is 0.266 e. The molecule has 4 heterocycles. The summed E-state index contributed by atoms with van der Waals surface area (Å²) >= 11 is 0. The van der Waals surface area contributed by atoms with Gasteiger partial charge < -0.3 is 4.90 Å². The summed E-state index contributed by atoms with van der Waals surface area (Å²) < 4.78 is 3.39. The molecule has 0 saturated carbocycles. The number of nitrogens with zero attached hydrogens (tertiary/aromatic N) is 6. The lowest BCUT2D eigenvalue weighted by Gasteiger charge is -2.28. The number of para-hydroxylation sites is 1. The zero-order valence-electron chi connectivity index (χ0n) is 16.3. The van der Waals surface area contributed by atoms with Crippen molar-refractivity contribution in [1.29, 1.82) is 0 Å². The van der Waals surface area contributed by atoms with Crippen molar-refractivity contribution in [2.45, 2.75) is 32.4 Å². The van der Waals surface area contributed by atoms with Gasteiger partial charge in [-0.25, -0.2) is 9.67 Å². The Labute approximate surface area is 168 Å². The van der Waals surface area contributed by atoms with Crippen molar-refractivity contribution in [2.24, 2.45) is 0 Å². The summed E-state index contributed by atoms with van der Waals surface area (Å²) in [4.78, 5) is 23.6. The molecule has 146 valence electrons. The van der Waals surface area contributed by atoms with Gasteiger partial charge in [0.2, 0.25) is 0 Å². The van der Waals surface area contributed by atoms with Gasteiger partial charge >= 0.3 is 0 Å². The number of aromatic nitrogens is 5. The first-order valence-electron chi connectivity index (χ1n) is 9.88. The number of aryl methyl sites for hydroxylation is 1. The number of anilines is 1. The third-order valence-electron chi connectivity index (χ3n) is 5.51. The highest BCUT2D eigenvalue weighted by atomic mass is 16.1. The van der Waals surface area contributed by atoms with Crippen LogP contribution in [0, 0.1) is 6.92 Å². The van der Waals surface area contributed by atoms with E-state index in [1.807, 2.05) is 23.8 Å². The Balaban J connectivity index is 1.50. The van der Waals surface area contributed by atoms with Gasteiger partial charge in [-0.2, -0.15) is 5.10 Å². The Morgan fingerprint density at radius 3 is 2.93 bits per heavy atom. The molecule has 1 aliphatic heterocycles. The van der Waals surface area contributed by atoms with Gasteiger partial charge in [0.05, 0.1) is 12.1 Å². The van der Waals surface area contributed by atoms with E-state index in [2.05, 4.69) is 44.2 Å². The van der Waals surface area contributed by atoms with Crippen LogP contribution < -0.4 is 10.5 Å². The van der Waals surface area contributed by atoms with Crippen molar-refractivity contribution in [3.8, 4) is 5.82 Å². The number of benzene rings is 1. The summed E-state index contributed by atoms with van der Waals surface area (Å²) in [6, 6.07) is 13.9. The Bertz CT molecular complexity index is 1210. The average Bonchev–Trinajstić information content (AvgIpc) is 3.41. The summed E-state index contributed by atoms with van der Waals surface area (Å²) in [5.74, 6) is 0.692. The molecule has 4 aromatic rings. The molecule has 0 spiro atoms. The minimum absolute atomic E-state index is 0.0866. The predicted octanol–water partition coefficient (Wildman–Crippen LogP) is 2.95. The maximum absolute atomic E-state index is 12.5. The molecule has 1 saturated heterocycles. The van der Waals surface area contributed by atoms with E-state index in [1.165, 1.54) is 5.69 Å². The van der Waals surface area contributed by atoms with E-state index >= 15 is 0 Å². The van der Waals surface area contributed by atoms with E-state index in [0.29, 0.717) is 12.4 Å². The second-order valence-electron chi connectivity index (χ2n) is 7.47. The monoisotopic (exact) mass is 386 g/mol. The highest BCUT2D eigenvalue weighted by Gasteiger charge is 2.27. The molecule has 3 aromatic heterocycles. The molecule has 29 heavy (non-hydrogen) atoms. The molecule has 1 unspecified atom stereocenters. The zero-order chi connectivity index (χ0) is 19.8. The zero-order valence-corrected chi connectivity index (χ0v) is 16.3. The Morgan fingerprint density at radius 2 is 2.07 bits per heavy atom. The van der Waals surface area contributed by atoms with E-state index in [4.69, 9.17) is 0 Å². The van der Waals surface area contributed by atoms with Gasteiger partial charge in [-0.1, -0.05) is 18.2 Å². The van der Waals surface area contributed by atoms with Crippen LogP contribution in [0.2, 0.25) is 0 Å². The van der Waals surface area contributed by atoms with Gasteiger partial charge in [-0.15, -0.1) is 0 Å². The van der Waals surface area contributed by atoms with Crippen LogP contribution in [0.25, 0.3) is 16.7 Å².